The summed E-state index contributed by atoms with van der Waals surface area (Å²) in [6, 6.07) is 7.21. The van der Waals surface area contributed by atoms with Crippen molar-refractivity contribution in [2.24, 2.45) is 23.7 Å². The Morgan fingerprint density at radius 2 is 1.58 bits per heavy atom. The normalized spacial score (nSPS) is 36.1. The van der Waals surface area contributed by atoms with Crippen molar-refractivity contribution in [1.82, 2.24) is 0 Å². The first-order valence-electron chi connectivity index (χ1n) is 6.82. The van der Waals surface area contributed by atoms with E-state index in [1.807, 2.05) is 12.1 Å². The average Bonchev–Trinajstić information content (AvgIpc) is 3.06. The fourth-order valence-electron chi connectivity index (χ4n) is 4.29. The molecule has 1 heterocycles. The largest absolute Gasteiger partial charge is 0.778 e. The Hall–Kier alpha value is -1.42. The molecule has 0 aromatic heterocycles. The third-order valence-electron chi connectivity index (χ3n) is 5.03. The number of para-hydroxylation sites is 1. The molecule has 2 bridgehead atoms. The van der Waals surface area contributed by atoms with Crippen LogP contribution in [0.3, 0.4) is 0 Å². The lowest BCUT2D eigenvalue weighted by Crippen LogP contribution is -2.33. The number of carbonyl (C=O) groups excluding carboxylic acids is 2. The van der Waals surface area contributed by atoms with Gasteiger partial charge in [-0.05, 0) is 37.2 Å². The smallest absolute Gasteiger partial charge is 0.237 e. The van der Waals surface area contributed by atoms with Crippen LogP contribution >= 0.6 is 0 Å². The third-order valence-corrected chi connectivity index (χ3v) is 5.38. The van der Waals surface area contributed by atoms with Crippen LogP contribution in [0, 0.1) is 23.7 Å². The summed E-state index contributed by atoms with van der Waals surface area (Å²) in [6.45, 7) is 0. The zero-order chi connectivity index (χ0) is 13.1. The molecule has 1 aromatic carbocycles. The van der Waals surface area contributed by atoms with Crippen molar-refractivity contribution in [3.05, 3.63) is 24.3 Å². The number of hydrogen-bond donors (Lipinski definition) is 0. The van der Waals surface area contributed by atoms with Crippen LogP contribution in [-0.4, -0.2) is 11.8 Å². The molecule has 3 fully saturated rings. The second kappa shape index (κ2) is 3.79. The topological polar surface area (TPSA) is 37.4 Å². The summed E-state index contributed by atoms with van der Waals surface area (Å²) in [7, 11) is 0. The molecular formula is C15H14NO2S-. The lowest BCUT2D eigenvalue weighted by molar-refractivity contribution is -0.123. The maximum atomic E-state index is 12.6. The highest BCUT2D eigenvalue weighted by atomic mass is 32.1. The van der Waals surface area contributed by atoms with E-state index in [2.05, 4.69) is 0 Å². The van der Waals surface area contributed by atoms with Gasteiger partial charge in [-0.2, -0.15) is 4.90 Å². The number of benzene rings is 1. The number of rotatable bonds is 1. The first kappa shape index (κ1) is 11.4. The Kier molecular flexibility index (Phi) is 2.28. The predicted molar refractivity (Wildman–Crippen MR) is 72.4 cm³/mol. The number of carbonyl (C=O) groups is 2. The van der Waals surface area contributed by atoms with Crippen LogP contribution in [0.4, 0.5) is 5.69 Å². The second-order valence-corrected chi connectivity index (χ2v) is 6.30. The van der Waals surface area contributed by atoms with Crippen LogP contribution in [0.25, 0.3) is 0 Å². The Labute approximate surface area is 117 Å². The molecule has 98 valence electrons. The van der Waals surface area contributed by atoms with E-state index in [-0.39, 0.29) is 23.7 Å². The van der Waals surface area contributed by atoms with E-state index < -0.39 is 0 Å². The summed E-state index contributed by atoms with van der Waals surface area (Å²) in [5.74, 6) is 0.683. The lowest BCUT2D eigenvalue weighted by atomic mass is 9.81. The number of hydrogen-bond acceptors (Lipinski definition) is 3. The highest BCUT2D eigenvalue weighted by Gasteiger charge is 2.61. The minimum atomic E-state index is -0.0687. The van der Waals surface area contributed by atoms with Gasteiger partial charge >= 0.3 is 0 Å². The summed E-state index contributed by atoms with van der Waals surface area (Å²) in [5.41, 5.74) is 0.598. The van der Waals surface area contributed by atoms with E-state index in [4.69, 9.17) is 12.6 Å². The van der Waals surface area contributed by atoms with Gasteiger partial charge in [-0.3, -0.25) is 14.5 Å². The molecular weight excluding hydrogens is 258 g/mol. The molecule has 4 heteroatoms. The molecule has 0 spiro atoms. The van der Waals surface area contributed by atoms with Crippen molar-refractivity contribution in [2.45, 2.75) is 24.2 Å². The van der Waals surface area contributed by atoms with Gasteiger partial charge in [-0.15, -0.1) is 0 Å². The Balaban J connectivity index is 1.78. The highest BCUT2D eigenvalue weighted by Crippen LogP contribution is 2.56. The maximum absolute atomic E-state index is 12.6. The predicted octanol–water partition coefficient (Wildman–Crippen LogP) is 2.13. The molecule has 3 aliphatic rings. The molecule has 1 saturated heterocycles. The van der Waals surface area contributed by atoms with Crippen molar-refractivity contribution in [2.75, 3.05) is 4.90 Å². The molecule has 19 heavy (non-hydrogen) atoms. The first-order chi connectivity index (χ1) is 9.18. The fraction of sp³-hybridized carbons (Fsp3) is 0.467. The molecule has 0 radical (unpaired) electrons. The van der Waals surface area contributed by atoms with Crippen LogP contribution in [0.15, 0.2) is 29.2 Å². The van der Waals surface area contributed by atoms with Crippen LogP contribution < -0.4 is 4.90 Å². The minimum Gasteiger partial charge on any atom is -0.778 e. The standard InChI is InChI=1S/C15H15NO2S/c17-14-12-8-5-6-9(7-8)13(12)15(18)16(14)10-3-1-2-4-11(10)19/h1-4,8-9,12-13,19H,5-7H2/p-1/t8-,9-,12-,13+/m0/s1. The number of imide groups is 1. The van der Waals surface area contributed by atoms with Gasteiger partial charge in [-0.1, -0.05) is 18.2 Å². The van der Waals surface area contributed by atoms with Gasteiger partial charge < -0.3 is 12.6 Å². The van der Waals surface area contributed by atoms with Gasteiger partial charge in [0, 0.05) is 5.69 Å². The zero-order valence-electron chi connectivity index (χ0n) is 10.4. The average molecular weight is 272 g/mol. The van der Waals surface area contributed by atoms with Gasteiger partial charge in [0.1, 0.15) is 0 Å². The molecule has 4 rings (SSSR count). The van der Waals surface area contributed by atoms with Crippen molar-refractivity contribution < 1.29 is 9.59 Å². The number of nitrogens with zero attached hydrogens (tertiary/aromatic N) is 1. The summed E-state index contributed by atoms with van der Waals surface area (Å²) < 4.78 is 0. The third kappa shape index (κ3) is 1.38. The van der Waals surface area contributed by atoms with E-state index in [0.29, 0.717) is 22.4 Å². The van der Waals surface area contributed by atoms with Crippen molar-refractivity contribution in [1.29, 1.82) is 0 Å². The molecule has 0 unspecified atom stereocenters. The van der Waals surface area contributed by atoms with Crippen molar-refractivity contribution in [3.63, 3.8) is 0 Å². The Bertz CT molecular complexity index is 557. The summed E-state index contributed by atoms with van der Waals surface area (Å²) >= 11 is 5.25. The summed E-state index contributed by atoms with van der Waals surface area (Å²) in [6.07, 6.45) is 3.28. The van der Waals surface area contributed by atoms with Crippen LogP contribution in [0.2, 0.25) is 0 Å². The maximum Gasteiger partial charge on any atom is 0.237 e. The van der Waals surface area contributed by atoms with E-state index in [1.165, 1.54) is 4.90 Å². The Morgan fingerprint density at radius 3 is 2.16 bits per heavy atom. The van der Waals surface area contributed by atoms with E-state index in [9.17, 15) is 9.59 Å². The van der Waals surface area contributed by atoms with Crippen molar-refractivity contribution in [3.8, 4) is 0 Å². The Morgan fingerprint density at radius 1 is 1.00 bits per heavy atom. The van der Waals surface area contributed by atoms with E-state index >= 15 is 0 Å². The van der Waals surface area contributed by atoms with Gasteiger partial charge in [0.25, 0.3) is 0 Å². The molecule has 2 amide bonds. The SMILES string of the molecule is O=C1[C@@H]2[C@H]3CC[C@@H](C3)[C@@H]2C(=O)N1c1ccccc1[S-]. The quantitative estimate of drug-likeness (QED) is 0.580. The molecule has 1 aromatic rings. The second-order valence-electron chi connectivity index (χ2n) is 5.86. The fourth-order valence-corrected chi connectivity index (χ4v) is 4.53. The van der Waals surface area contributed by atoms with E-state index in [1.54, 1.807) is 12.1 Å². The molecule has 4 atom stereocenters. The van der Waals surface area contributed by atoms with Gasteiger partial charge in [0.15, 0.2) is 0 Å². The summed E-state index contributed by atoms with van der Waals surface area (Å²) in [4.78, 5) is 27.1. The van der Waals surface area contributed by atoms with Crippen LogP contribution in [-0.2, 0) is 22.2 Å². The molecule has 2 aliphatic carbocycles. The van der Waals surface area contributed by atoms with E-state index in [0.717, 1.165) is 19.3 Å². The van der Waals surface area contributed by atoms with Crippen LogP contribution in [0.5, 0.6) is 0 Å². The zero-order valence-corrected chi connectivity index (χ0v) is 11.2. The number of fused-ring (bicyclic) bond motifs is 5. The molecule has 2 saturated carbocycles. The number of amides is 2. The minimum absolute atomic E-state index is 0.0144. The van der Waals surface area contributed by atoms with Gasteiger partial charge in [-0.25, -0.2) is 0 Å². The highest BCUT2D eigenvalue weighted by molar-refractivity contribution is 7.59. The molecule has 3 nitrogen and oxygen atoms in total. The number of anilines is 1. The van der Waals surface area contributed by atoms with Crippen molar-refractivity contribution >= 4 is 30.1 Å². The van der Waals surface area contributed by atoms with Gasteiger partial charge in [0.05, 0.1) is 11.8 Å². The monoisotopic (exact) mass is 272 g/mol. The molecule has 1 aliphatic heterocycles. The van der Waals surface area contributed by atoms with Crippen LogP contribution in [0.1, 0.15) is 19.3 Å². The van der Waals surface area contributed by atoms with Gasteiger partial charge in [0.2, 0.25) is 11.8 Å². The molecule has 0 N–H and O–H groups in total. The first-order valence-corrected chi connectivity index (χ1v) is 7.23. The lowest BCUT2D eigenvalue weighted by Gasteiger charge is -2.23. The summed E-state index contributed by atoms with van der Waals surface area (Å²) in [5, 5.41) is 0.